The molecule has 1 aromatic carbocycles. The first-order valence-corrected chi connectivity index (χ1v) is 8.20. The van der Waals surface area contributed by atoms with Crippen molar-refractivity contribution in [2.45, 2.75) is 17.1 Å². The van der Waals surface area contributed by atoms with Crippen LogP contribution in [0.3, 0.4) is 0 Å². The van der Waals surface area contributed by atoms with Crippen LogP contribution in [0.5, 0.6) is 0 Å². The van der Waals surface area contributed by atoms with Crippen molar-refractivity contribution in [2.24, 2.45) is 0 Å². The second-order valence-corrected chi connectivity index (χ2v) is 6.58. The minimum atomic E-state index is -0.102. The first kappa shape index (κ1) is 20.7. The van der Waals surface area contributed by atoms with Gasteiger partial charge in [-0.25, -0.2) is 0 Å². The van der Waals surface area contributed by atoms with Crippen LogP contribution in [-0.4, -0.2) is 44.5 Å². The first-order chi connectivity index (χ1) is 9.63. The summed E-state index contributed by atoms with van der Waals surface area (Å²) in [5.74, 6) is 0.0615. The van der Waals surface area contributed by atoms with Crippen LogP contribution >= 0.6 is 40.1 Å². The molecule has 0 aromatic heterocycles. The number of benzene rings is 1. The van der Waals surface area contributed by atoms with Gasteiger partial charge in [-0.05, 0) is 31.2 Å². The van der Waals surface area contributed by atoms with Crippen LogP contribution in [0.2, 0.25) is 0 Å². The van der Waals surface area contributed by atoms with Crippen molar-refractivity contribution < 1.29 is 9.53 Å². The minimum Gasteiger partial charge on any atom is -0.383 e. The van der Waals surface area contributed by atoms with Gasteiger partial charge in [-0.1, -0.05) is 15.9 Å². The number of hydrogen-bond acceptors (Lipinski definition) is 4. The summed E-state index contributed by atoms with van der Waals surface area (Å²) in [4.78, 5) is 13.0. The third kappa shape index (κ3) is 9.37. The molecular formula is C14H22BrClN2O2S. The number of amides is 1. The van der Waals surface area contributed by atoms with E-state index < -0.39 is 0 Å². The van der Waals surface area contributed by atoms with Crippen molar-refractivity contribution in [3.05, 3.63) is 28.7 Å². The van der Waals surface area contributed by atoms with Crippen LogP contribution in [0.4, 0.5) is 0 Å². The second-order valence-electron chi connectivity index (χ2n) is 4.25. The van der Waals surface area contributed by atoms with Crippen LogP contribution in [0.15, 0.2) is 33.6 Å². The van der Waals surface area contributed by atoms with Crippen LogP contribution in [0.25, 0.3) is 0 Å². The standard InChI is InChI=1S/C14H21BrN2O2S.ClH/c1-11(20-13-5-3-12(15)4-6-13)14(18)17-8-7-16-9-10-19-2;/h3-6,11,16H,7-10H2,1-2H3,(H,17,18);1H. The van der Waals surface area contributed by atoms with Gasteiger partial charge >= 0.3 is 0 Å². The number of hydrogen-bond donors (Lipinski definition) is 2. The van der Waals surface area contributed by atoms with Gasteiger partial charge in [-0.3, -0.25) is 4.79 Å². The van der Waals surface area contributed by atoms with Gasteiger partial charge < -0.3 is 15.4 Å². The van der Waals surface area contributed by atoms with Crippen molar-refractivity contribution in [3.63, 3.8) is 0 Å². The number of thioether (sulfide) groups is 1. The highest BCUT2D eigenvalue weighted by Crippen LogP contribution is 2.24. The van der Waals surface area contributed by atoms with E-state index in [1.54, 1.807) is 18.9 Å². The largest absolute Gasteiger partial charge is 0.383 e. The van der Waals surface area contributed by atoms with Crippen molar-refractivity contribution in [1.29, 1.82) is 0 Å². The van der Waals surface area contributed by atoms with Crippen LogP contribution in [0.1, 0.15) is 6.92 Å². The molecule has 2 N–H and O–H groups in total. The fourth-order valence-corrected chi connectivity index (χ4v) is 2.64. The molecule has 4 nitrogen and oxygen atoms in total. The van der Waals surface area contributed by atoms with Crippen molar-refractivity contribution >= 4 is 46.0 Å². The zero-order chi connectivity index (χ0) is 14.8. The molecule has 0 fully saturated rings. The normalized spacial score (nSPS) is 11.6. The number of rotatable bonds is 9. The summed E-state index contributed by atoms with van der Waals surface area (Å²) in [6.07, 6.45) is 0. The Hall–Kier alpha value is -0.270. The third-order valence-electron chi connectivity index (χ3n) is 2.58. The molecule has 1 amide bonds. The molecular weight excluding hydrogens is 376 g/mol. The maximum Gasteiger partial charge on any atom is 0.233 e. The van der Waals surface area contributed by atoms with Crippen LogP contribution in [0, 0.1) is 0 Å². The smallest absolute Gasteiger partial charge is 0.233 e. The van der Waals surface area contributed by atoms with E-state index in [4.69, 9.17) is 4.74 Å². The fourth-order valence-electron chi connectivity index (χ4n) is 1.49. The highest BCUT2D eigenvalue weighted by molar-refractivity contribution is 9.10. The van der Waals surface area contributed by atoms with Gasteiger partial charge in [0.05, 0.1) is 11.9 Å². The number of carbonyl (C=O) groups is 1. The number of ether oxygens (including phenoxy) is 1. The van der Waals surface area contributed by atoms with Gasteiger partial charge in [-0.2, -0.15) is 0 Å². The third-order valence-corrected chi connectivity index (χ3v) is 4.22. The lowest BCUT2D eigenvalue weighted by molar-refractivity contribution is -0.120. The summed E-state index contributed by atoms with van der Waals surface area (Å²) in [6.45, 7) is 4.79. The molecule has 0 saturated heterocycles. The highest BCUT2D eigenvalue weighted by Gasteiger charge is 2.13. The number of methoxy groups -OCH3 is 1. The summed E-state index contributed by atoms with van der Waals surface area (Å²) >= 11 is 4.96. The molecule has 0 aliphatic rings. The van der Waals surface area contributed by atoms with Gasteiger partial charge in [0, 0.05) is 36.1 Å². The Balaban J connectivity index is 0.00000400. The Bertz CT molecular complexity index is 406. The van der Waals surface area contributed by atoms with Gasteiger partial charge in [0.1, 0.15) is 0 Å². The maximum atomic E-state index is 11.9. The Morgan fingerprint density at radius 3 is 2.57 bits per heavy atom. The van der Waals surface area contributed by atoms with E-state index in [2.05, 4.69) is 26.6 Å². The molecule has 0 aliphatic carbocycles. The first-order valence-electron chi connectivity index (χ1n) is 6.53. The van der Waals surface area contributed by atoms with Crippen LogP contribution in [-0.2, 0) is 9.53 Å². The molecule has 0 aliphatic heterocycles. The summed E-state index contributed by atoms with van der Waals surface area (Å²) < 4.78 is 5.97. The Morgan fingerprint density at radius 2 is 1.95 bits per heavy atom. The monoisotopic (exact) mass is 396 g/mol. The van der Waals surface area contributed by atoms with Crippen molar-refractivity contribution in [1.82, 2.24) is 10.6 Å². The van der Waals surface area contributed by atoms with E-state index in [0.29, 0.717) is 13.2 Å². The zero-order valence-electron chi connectivity index (χ0n) is 12.2. The molecule has 1 unspecified atom stereocenters. The average Bonchev–Trinajstić information content (AvgIpc) is 2.45. The van der Waals surface area contributed by atoms with Crippen molar-refractivity contribution in [3.8, 4) is 0 Å². The molecule has 0 spiro atoms. The quantitative estimate of drug-likeness (QED) is 0.497. The highest BCUT2D eigenvalue weighted by atomic mass is 79.9. The summed E-state index contributed by atoms with van der Waals surface area (Å²) in [7, 11) is 1.67. The molecule has 0 radical (unpaired) electrons. The van der Waals surface area contributed by atoms with E-state index in [0.717, 1.165) is 22.5 Å². The Kier molecular flexibility index (Phi) is 12.1. The number of nitrogens with one attached hydrogen (secondary N) is 2. The second kappa shape index (κ2) is 12.3. The summed E-state index contributed by atoms with van der Waals surface area (Å²) in [5.41, 5.74) is 0. The average molecular weight is 398 g/mol. The molecule has 0 saturated carbocycles. The summed E-state index contributed by atoms with van der Waals surface area (Å²) in [5, 5.41) is 6.00. The fraction of sp³-hybridized carbons (Fsp3) is 0.500. The lowest BCUT2D eigenvalue weighted by Crippen LogP contribution is -2.36. The lowest BCUT2D eigenvalue weighted by Gasteiger charge is -2.12. The molecule has 120 valence electrons. The topological polar surface area (TPSA) is 50.4 Å². The molecule has 1 atom stereocenters. The van der Waals surface area contributed by atoms with Gasteiger partial charge in [0.15, 0.2) is 0 Å². The predicted molar refractivity (Wildman–Crippen MR) is 94.5 cm³/mol. The summed E-state index contributed by atoms with van der Waals surface area (Å²) in [6, 6.07) is 7.97. The van der Waals surface area contributed by atoms with E-state index in [1.165, 1.54) is 0 Å². The Morgan fingerprint density at radius 1 is 1.29 bits per heavy atom. The van der Waals surface area contributed by atoms with Gasteiger partial charge in [0.25, 0.3) is 0 Å². The molecule has 1 rings (SSSR count). The number of halogens is 2. The molecule has 7 heteroatoms. The minimum absolute atomic E-state index is 0. The van der Waals surface area contributed by atoms with Gasteiger partial charge in [-0.15, -0.1) is 24.2 Å². The lowest BCUT2D eigenvalue weighted by atomic mass is 10.4. The number of carbonyl (C=O) groups excluding carboxylic acids is 1. The molecule has 21 heavy (non-hydrogen) atoms. The molecule has 0 heterocycles. The van der Waals surface area contributed by atoms with Gasteiger partial charge in [0.2, 0.25) is 5.91 Å². The zero-order valence-corrected chi connectivity index (χ0v) is 15.4. The molecule has 1 aromatic rings. The molecule has 0 bridgehead atoms. The predicted octanol–water partition coefficient (Wildman–Crippen LogP) is 2.70. The van der Waals surface area contributed by atoms with E-state index in [1.807, 2.05) is 31.2 Å². The Labute approximate surface area is 145 Å². The van der Waals surface area contributed by atoms with E-state index >= 15 is 0 Å². The maximum absolute atomic E-state index is 11.9. The van der Waals surface area contributed by atoms with Crippen molar-refractivity contribution in [2.75, 3.05) is 33.4 Å². The van der Waals surface area contributed by atoms with E-state index in [-0.39, 0.29) is 23.6 Å². The SMILES string of the molecule is COCCNCCNC(=O)C(C)Sc1ccc(Br)cc1.Cl. The van der Waals surface area contributed by atoms with E-state index in [9.17, 15) is 4.79 Å². The van der Waals surface area contributed by atoms with Crippen LogP contribution < -0.4 is 10.6 Å².